The monoisotopic (exact) mass is 239 g/mol. The lowest BCUT2D eigenvalue weighted by atomic mass is 9.99. The number of hydrogen-bond donors (Lipinski definition) is 0. The van der Waals surface area contributed by atoms with Gasteiger partial charge in [-0.05, 0) is 11.6 Å². The molecule has 0 spiro atoms. The fourth-order valence-electron chi connectivity index (χ4n) is 1.63. The van der Waals surface area contributed by atoms with Crippen LogP contribution in [0, 0.1) is 0 Å². The molecule has 0 N–H and O–H groups in total. The van der Waals surface area contributed by atoms with Crippen molar-refractivity contribution < 1.29 is 0 Å². The molecule has 0 aliphatic heterocycles. The third-order valence-electron chi connectivity index (χ3n) is 2.53. The number of aromatic nitrogens is 1. The van der Waals surface area contributed by atoms with Crippen molar-refractivity contribution in [3.63, 3.8) is 0 Å². The van der Waals surface area contributed by atoms with Gasteiger partial charge in [-0.15, -0.1) is 23.2 Å². The second-order valence-electron chi connectivity index (χ2n) is 3.55. The number of para-hydroxylation sites is 1. The molecule has 1 aromatic carbocycles. The molecular formula is C12H11Cl2N. The van der Waals surface area contributed by atoms with Crippen LogP contribution in [-0.2, 0) is 0 Å². The van der Waals surface area contributed by atoms with E-state index in [0.29, 0.717) is 0 Å². The van der Waals surface area contributed by atoms with Crippen LogP contribution in [0.1, 0.15) is 18.4 Å². The van der Waals surface area contributed by atoms with Crippen molar-refractivity contribution in [2.24, 2.45) is 0 Å². The van der Waals surface area contributed by atoms with E-state index in [-0.39, 0.29) is 5.92 Å². The van der Waals surface area contributed by atoms with Crippen LogP contribution >= 0.6 is 23.2 Å². The first-order valence-corrected chi connectivity index (χ1v) is 5.69. The molecule has 0 saturated carbocycles. The Morgan fingerprint density at radius 1 is 1.13 bits per heavy atom. The second-order valence-corrected chi connectivity index (χ2v) is 4.71. The molecule has 0 aliphatic carbocycles. The van der Waals surface area contributed by atoms with Gasteiger partial charge in [0.05, 0.1) is 5.52 Å². The van der Waals surface area contributed by atoms with Gasteiger partial charge in [0.1, 0.15) is 4.84 Å². The summed E-state index contributed by atoms with van der Waals surface area (Å²) in [4.78, 5) is 3.96. The molecular weight excluding hydrogens is 229 g/mol. The van der Waals surface area contributed by atoms with Gasteiger partial charge in [-0.2, -0.15) is 0 Å². The highest BCUT2D eigenvalue weighted by atomic mass is 35.5. The summed E-state index contributed by atoms with van der Waals surface area (Å²) in [6, 6.07) is 10.0. The SMILES string of the molecule is CC(c1cccc2cccnc12)C(Cl)Cl. The lowest BCUT2D eigenvalue weighted by Crippen LogP contribution is -2.03. The zero-order valence-corrected chi connectivity index (χ0v) is 9.83. The Balaban J connectivity index is 2.60. The maximum absolute atomic E-state index is 5.90. The van der Waals surface area contributed by atoms with E-state index in [9.17, 15) is 0 Å². The number of hydrogen-bond acceptors (Lipinski definition) is 1. The van der Waals surface area contributed by atoms with Crippen LogP contribution in [-0.4, -0.2) is 9.82 Å². The van der Waals surface area contributed by atoms with Crippen LogP contribution in [0.4, 0.5) is 0 Å². The zero-order valence-electron chi connectivity index (χ0n) is 8.32. The highest BCUT2D eigenvalue weighted by molar-refractivity contribution is 6.44. The number of benzene rings is 1. The molecule has 0 aliphatic rings. The fourth-order valence-corrected chi connectivity index (χ4v) is 1.90. The molecule has 0 amide bonds. The Morgan fingerprint density at radius 2 is 1.87 bits per heavy atom. The lowest BCUT2D eigenvalue weighted by Gasteiger charge is -2.14. The van der Waals surface area contributed by atoms with Gasteiger partial charge in [0.2, 0.25) is 0 Å². The van der Waals surface area contributed by atoms with Crippen molar-refractivity contribution in [1.29, 1.82) is 0 Å². The van der Waals surface area contributed by atoms with Crippen molar-refractivity contribution in [2.75, 3.05) is 0 Å². The molecule has 0 fully saturated rings. The lowest BCUT2D eigenvalue weighted by molar-refractivity contribution is 0.839. The van der Waals surface area contributed by atoms with Crippen LogP contribution in [0.2, 0.25) is 0 Å². The predicted octanol–water partition coefficient (Wildman–Crippen LogP) is 4.14. The molecule has 0 radical (unpaired) electrons. The smallest absolute Gasteiger partial charge is 0.114 e. The minimum Gasteiger partial charge on any atom is -0.256 e. The number of pyridine rings is 1. The third-order valence-corrected chi connectivity index (χ3v) is 3.29. The fraction of sp³-hybridized carbons (Fsp3) is 0.250. The molecule has 3 heteroatoms. The van der Waals surface area contributed by atoms with E-state index in [4.69, 9.17) is 23.2 Å². The summed E-state index contributed by atoms with van der Waals surface area (Å²) in [6.07, 6.45) is 1.79. The average Bonchev–Trinajstić information content (AvgIpc) is 2.27. The molecule has 2 rings (SSSR count). The van der Waals surface area contributed by atoms with E-state index in [2.05, 4.69) is 4.98 Å². The van der Waals surface area contributed by atoms with Crippen LogP contribution in [0.25, 0.3) is 10.9 Å². The van der Waals surface area contributed by atoms with Gasteiger partial charge >= 0.3 is 0 Å². The van der Waals surface area contributed by atoms with E-state index in [0.717, 1.165) is 16.5 Å². The molecule has 1 atom stereocenters. The Kier molecular flexibility index (Phi) is 3.13. The molecule has 2 aromatic rings. The van der Waals surface area contributed by atoms with Crippen LogP contribution in [0.5, 0.6) is 0 Å². The van der Waals surface area contributed by atoms with Crippen molar-refractivity contribution in [1.82, 2.24) is 4.98 Å². The van der Waals surface area contributed by atoms with E-state index < -0.39 is 4.84 Å². The summed E-state index contributed by atoms with van der Waals surface area (Å²) >= 11 is 11.8. The highest BCUT2D eigenvalue weighted by Gasteiger charge is 2.16. The van der Waals surface area contributed by atoms with Gasteiger partial charge in [-0.25, -0.2) is 0 Å². The molecule has 0 saturated heterocycles. The molecule has 15 heavy (non-hydrogen) atoms. The minimum absolute atomic E-state index is 0.0898. The highest BCUT2D eigenvalue weighted by Crippen LogP contribution is 2.30. The summed E-state index contributed by atoms with van der Waals surface area (Å²) in [7, 11) is 0. The Morgan fingerprint density at radius 3 is 2.60 bits per heavy atom. The summed E-state index contributed by atoms with van der Waals surface area (Å²) in [6.45, 7) is 2.01. The van der Waals surface area contributed by atoms with Crippen LogP contribution < -0.4 is 0 Å². The van der Waals surface area contributed by atoms with Crippen molar-refractivity contribution in [3.8, 4) is 0 Å². The number of alkyl halides is 2. The maximum atomic E-state index is 5.90. The molecule has 1 aromatic heterocycles. The first-order chi connectivity index (χ1) is 7.20. The van der Waals surface area contributed by atoms with Gasteiger partial charge in [0.15, 0.2) is 0 Å². The normalized spacial score (nSPS) is 13.3. The number of nitrogens with zero attached hydrogens (tertiary/aromatic N) is 1. The predicted molar refractivity (Wildman–Crippen MR) is 65.7 cm³/mol. The maximum Gasteiger partial charge on any atom is 0.114 e. The topological polar surface area (TPSA) is 12.9 Å². The molecule has 78 valence electrons. The first-order valence-electron chi connectivity index (χ1n) is 4.82. The minimum atomic E-state index is -0.405. The second kappa shape index (κ2) is 4.38. The van der Waals surface area contributed by atoms with E-state index >= 15 is 0 Å². The van der Waals surface area contributed by atoms with Gasteiger partial charge in [-0.3, -0.25) is 4.98 Å². The quantitative estimate of drug-likeness (QED) is 0.719. The summed E-state index contributed by atoms with van der Waals surface area (Å²) < 4.78 is 0. The van der Waals surface area contributed by atoms with Gasteiger partial charge < -0.3 is 0 Å². The first kappa shape index (κ1) is 10.7. The summed E-state index contributed by atoms with van der Waals surface area (Å²) in [5.41, 5.74) is 2.09. The van der Waals surface area contributed by atoms with Crippen molar-refractivity contribution >= 4 is 34.1 Å². The Hall–Kier alpha value is -0.790. The third kappa shape index (κ3) is 2.09. The Bertz CT molecular complexity index is 463. The Labute approximate surface area is 99.0 Å². The van der Waals surface area contributed by atoms with Crippen molar-refractivity contribution in [2.45, 2.75) is 17.7 Å². The molecule has 1 unspecified atom stereocenters. The van der Waals surface area contributed by atoms with E-state index in [1.54, 1.807) is 6.20 Å². The summed E-state index contributed by atoms with van der Waals surface area (Å²) in [5.74, 6) is 0.0898. The van der Waals surface area contributed by atoms with Crippen LogP contribution in [0.3, 0.4) is 0 Å². The molecule has 1 heterocycles. The van der Waals surface area contributed by atoms with E-state index in [1.807, 2.05) is 37.3 Å². The van der Waals surface area contributed by atoms with Gasteiger partial charge in [-0.1, -0.05) is 31.2 Å². The summed E-state index contributed by atoms with van der Waals surface area (Å²) in [5, 5.41) is 1.12. The van der Waals surface area contributed by atoms with Gasteiger partial charge in [0, 0.05) is 17.5 Å². The average molecular weight is 240 g/mol. The number of fused-ring (bicyclic) bond motifs is 1. The van der Waals surface area contributed by atoms with Gasteiger partial charge in [0.25, 0.3) is 0 Å². The molecule has 0 bridgehead atoms. The zero-order chi connectivity index (χ0) is 10.8. The number of halogens is 2. The van der Waals surface area contributed by atoms with Crippen LogP contribution in [0.15, 0.2) is 36.5 Å². The largest absolute Gasteiger partial charge is 0.256 e. The van der Waals surface area contributed by atoms with E-state index in [1.165, 1.54) is 0 Å². The molecule has 1 nitrogen and oxygen atoms in total. The standard InChI is InChI=1S/C12H11Cl2N/c1-8(12(13)14)10-6-2-4-9-5-3-7-15-11(9)10/h2-8,12H,1H3. The number of rotatable bonds is 2. The van der Waals surface area contributed by atoms with Crippen molar-refractivity contribution in [3.05, 3.63) is 42.1 Å².